The topological polar surface area (TPSA) is 112 Å². The van der Waals surface area contributed by atoms with Crippen molar-refractivity contribution in [2.24, 2.45) is 10.8 Å². The number of β-lactam (4-membered cyclic amide) rings is 2. The number of nitrogens with zero attached hydrogens (tertiary/aromatic N) is 6. The Kier molecular flexibility index (Phi) is 20.8. The van der Waals surface area contributed by atoms with Crippen LogP contribution in [-0.4, -0.2) is 144 Å². The Morgan fingerprint density at radius 2 is 0.821 bits per heavy atom. The minimum absolute atomic E-state index is 0.0700. The Bertz CT molecular complexity index is 1080. The second-order valence-electron chi connectivity index (χ2n) is 17.9. The van der Waals surface area contributed by atoms with Gasteiger partial charge in [0.2, 0.25) is 11.8 Å². The summed E-state index contributed by atoms with van der Waals surface area (Å²) < 4.78 is 0. The Morgan fingerprint density at radius 1 is 0.518 bits per heavy atom. The lowest BCUT2D eigenvalue weighted by molar-refractivity contribution is -0.201. The highest BCUT2D eigenvalue weighted by Gasteiger charge is 2.59. The van der Waals surface area contributed by atoms with E-state index in [1.54, 1.807) is 0 Å². The molecule has 0 aromatic carbocycles. The van der Waals surface area contributed by atoms with E-state index in [2.05, 4.69) is 85.6 Å². The van der Waals surface area contributed by atoms with E-state index in [1.165, 1.54) is 0 Å². The molecule has 0 bridgehead atoms. The fourth-order valence-corrected chi connectivity index (χ4v) is 8.97. The molecule has 56 heavy (non-hydrogen) atoms. The van der Waals surface area contributed by atoms with Crippen molar-refractivity contribution in [1.82, 2.24) is 40.0 Å². The molecule has 0 aliphatic carbocycles. The number of unbranched alkanes of at least 4 members (excludes halogenated alkanes) is 10. The number of urea groups is 2. The van der Waals surface area contributed by atoms with Gasteiger partial charge in [0.05, 0.1) is 23.2 Å². The Labute approximate surface area is 342 Å². The third-order valence-corrected chi connectivity index (χ3v) is 12.5. The zero-order valence-electron chi connectivity index (χ0n) is 37.3. The first-order valence-electron chi connectivity index (χ1n) is 23.0. The number of carbonyl (C=O) groups is 4. The lowest BCUT2D eigenvalue weighted by Crippen LogP contribution is -2.77. The fourth-order valence-electron chi connectivity index (χ4n) is 8.97. The molecule has 12 heteroatoms. The molecule has 2 unspecified atom stereocenters. The summed E-state index contributed by atoms with van der Waals surface area (Å²) in [5, 5.41) is 6.26. The van der Waals surface area contributed by atoms with Gasteiger partial charge in [-0.2, -0.15) is 0 Å². The molecule has 3 rings (SSSR count). The molecule has 3 aliphatic rings. The quantitative estimate of drug-likeness (QED) is 0.0635. The number of hydrogen-bond acceptors (Lipinski definition) is 6. The predicted octanol–water partition coefficient (Wildman–Crippen LogP) is 7.34. The molecule has 3 heterocycles. The standard InChI is InChI=1S/C44H84N8O4/c1-9-13-27-49(28-14-10-2)41(55)45-25-21-17-19-23-31-51-37(43(5,6)39(51)53)47-33-35-48(36-34-47)38-44(7,8)40(54)52(38)32-24-20-18-22-26-46-42(56)50(29-15-11-3)30-16-12-4/h37-38H,9-36H2,1-8H3,(H,45,55)(H,46,56). The van der Waals surface area contributed by atoms with Gasteiger partial charge < -0.3 is 30.2 Å². The molecular formula is C44H84N8O4. The van der Waals surface area contributed by atoms with Crippen LogP contribution in [0.5, 0.6) is 0 Å². The molecule has 0 saturated carbocycles. The maximum atomic E-state index is 13.3. The largest absolute Gasteiger partial charge is 0.338 e. The molecule has 324 valence electrons. The van der Waals surface area contributed by atoms with Gasteiger partial charge in [0.1, 0.15) is 0 Å². The lowest BCUT2D eigenvalue weighted by Gasteiger charge is -2.61. The monoisotopic (exact) mass is 789 g/mol. The molecule has 12 nitrogen and oxygen atoms in total. The summed E-state index contributed by atoms with van der Waals surface area (Å²) in [7, 11) is 0. The number of piperazine rings is 1. The van der Waals surface area contributed by atoms with Crippen LogP contribution in [0, 0.1) is 10.8 Å². The van der Waals surface area contributed by atoms with Crippen LogP contribution in [0.15, 0.2) is 0 Å². The number of nitrogens with one attached hydrogen (secondary N) is 2. The van der Waals surface area contributed by atoms with Gasteiger partial charge in [-0.05, 0) is 79.1 Å². The first kappa shape index (κ1) is 47.8. The number of amides is 6. The average molecular weight is 789 g/mol. The Hall–Kier alpha value is -2.60. The van der Waals surface area contributed by atoms with Crippen molar-refractivity contribution in [3.63, 3.8) is 0 Å². The van der Waals surface area contributed by atoms with E-state index < -0.39 is 10.8 Å². The molecule has 3 fully saturated rings. The van der Waals surface area contributed by atoms with Gasteiger partial charge in [0, 0.05) is 78.5 Å². The predicted molar refractivity (Wildman–Crippen MR) is 228 cm³/mol. The number of carbonyl (C=O) groups excluding carboxylic acids is 4. The van der Waals surface area contributed by atoms with Crippen molar-refractivity contribution in [1.29, 1.82) is 0 Å². The normalized spacial score (nSPS) is 20.8. The van der Waals surface area contributed by atoms with E-state index in [1.807, 2.05) is 9.80 Å². The maximum Gasteiger partial charge on any atom is 0.317 e. The Balaban J connectivity index is 1.36. The van der Waals surface area contributed by atoms with Crippen molar-refractivity contribution in [3.05, 3.63) is 0 Å². The highest BCUT2D eigenvalue weighted by Crippen LogP contribution is 2.44. The number of likely N-dealkylation sites (tertiary alicyclic amines) is 2. The molecule has 2 atom stereocenters. The van der Waals surface area contributed by atoms with Crippen molar-refractivity contribution >= 4 is 23.9 Å². The molecule has 0 aromatic rings. The summed E-state index contributed by atoms with van der Waals surface area (Å²) in [6.07, 6.45) is 16.8. The Morgan fingerprint density at radius 3 is 1.12 bits per heavy atom. The van der Waals surface area contributed by atoms with Gasteiger partial charge in [-0.15, -0.1) is 0 Å². The van der Waals surface area contributed by atoms with Crippen LogP contribution in [0.4, 0.5) is 9.59 Å². The SMILES string of the molecule is CCCCN(CCCC)C(=O)NCCCCCCN1C(=O)C(C)(C)C1N1CCN(C2N(CCCCCCNC(=O)N(CCCC)CCCC)C(=O)C2(C)C)CC1. The van der Waals surface area contributed by atoms with Crippen LogP contribution in [0.1, 0.15) is 158 Å². The van der Waals surface area contributed by atoms with Gasteiger partial charge >= 0.3 is 12.1 Å². The highest BCUT2D eigenvalue weighted by atomic mass is 16.2. The van der Waals surface area contributed by atoms with Crippen LogP contribution in [-0.2, 0) is 9.59 Å². The number of rotatable bonds is 28. The fraction of sp³-hybridized carbons (Fsp3) is 0.909. The molecule has 2 N–H and O–H groups in total. The van der Waals surface area contributed by atoms with Crippen LogP contribution in [0.2, 0.25) is 0 Å². The molecule has 6 amide bonds. The minimum Gasteiger partial charge on any atom is -0.338 e. The summed E-state index contributed by atoms with van der Waals surface area (Å²) in [5.41, 5.74) is -0.782. The zero-order chi connectivity index (χ0) is 41.1. The lowest BCUT2D eigenvalue weighted by atomic mass is 9.76. The van der Waals surface area contributed by atoms with Gasteiger partial charge in [-0.25, -0.2) is 9.59 Å². The summed E-state index contributed by atoms with van der Waals surface area (Å²) in [6, 6.07) is 0.140. The third-order valence-electron chi connectivity index (χ3n) is 12.5. The van der Waals surface area contributed by atoms with E-state index in [4.69, 9.17) is 0 Å². The van der Waals surface area contributed by atoms with Crippen molar-refractivity contribution < 1.29 is 19.2 Å². The summed E-state index contributed by atoms with van der Waals surface area (Å²) in [4.78, 5) is 65.0. The summed E-state index contributed by atoms with van der Waals surface area (Å²) >= 11 is 0. The van der Waals surface area contributed by atoms with Crippen molar-refractivity contribution in [2.75, 3.05) is 78.5 Å². The minimum atomic E-state index is -0.391. The van der Waals surface area contributed by atoms with Crippen LogP contribution in [0.3, 0.4) is 0 Å². The first-order chi connectivity index (χ1) is 26.9. The van der Waals surface area contributed by atoms with Crippen LogP contribution < -0.4 is 10.6 Å². The van der Waals surface area contributed by atoms with E-state index in [9.17, 15) is 19.2 Å². The summed E-state index contributed by atoms with van der Waals surface area (Å²) in [5.74, 6) is 0.494. The molecule has 0 spiro atoms. The van der Waals surface area contributed by atoms with E-state index >= 15 is 0 Å². The molecule has 0 radical (unpaired) electrons. The number of hydrogen-bond donors (Lipinski definition) is 2. The second kappa shape index (κ2) is 24.4. The van der Waals surface area contributed by atoms with E-state index in [0.717, 1.165) is 168 Å². The molecule has 3 aliphatic heterocycles. The van der Waals surface area contributed by atoms with Crippen molar-refractivity contribution in [2.45, 2.75) is 170 Å². The van der Waals surface area contributed by atoms with Gasteiger partial charge in [-0.3, -0.25) is 19.4 Å². The first-order valence-corrected chi connectivity index (χ1v) is 23.0. The van der Waals surface area contributed by atoms with Gasteiger partial charge in [0.15, 0.2) is 0 Å². The van der Waals surface area contributed by atoms with E-state index in [0.29, 0.717) is 13.1 Å². The van der Waals surface area contributed by atoms with Gasteiger partial charge in [0.25, 0.3) is 0 Å². The second-order valence-corrected chi connectivity index (χ2v) is 17.9. The highest BCUT2D eigenvalue weighted by molar-refractivity contribution is 5.89. The summed E-state index contributed by atoms with van der Waals surface area (Å²) in [6.45, 7) is 26.9. The van der Waals surface area contributed by atoms with Crippen LogP contribution >= 0.6 is 0 Å². The molecule has 3 saturated heterocycles. The van der Waals surface area contributed by atoms with Gasteiger partial charge in [-0.1, -0.05) is 79.1 Å². The van der Waals surface area contributed by atoms with E-state index in [-0.39, 0.29) is 36.2 Å². The van der Waals surface area contributed by atoms with Crippen molar-refractivity contribution in [3.8, 4) is 0 Å². The smallest absolute Gasteiger partial charge is 0.317 e. The maximum absolute atomic E-state index is 13.3. The zero-order valence-corrected chi connectivity index (χ0v) is 37.3. The molecular weight excluding hydrogens is 705 g/mol. The molecule has 0 aromatic heterocycles. The van der Waals surface area contributed by atoms with Crippen LogP contribution in [0.25, 0.3) is 0 Å². The third kappa shape index (κ3) is 13.2. The average Bonchev–Trinajstić information content (AvgIpc) is 3.18.